The maximum atomic E-state index is 11.6. The highest BCUT2D eigenvalue weighted by Gasteiger charge is 2.37. The van der Waals surface area contributed by atoms with E-state index in [2.05, 4.69) is 5.32 Å². The molecule has 1 rings (SSSR count). The highest BCUT2D eigenvalue weighted by atomic mass is 16.4. The van der Waals surface area contributed by atoms with E-state index in [0.29, 0.717) is 12.8 Å². The second-order valence-corrected chi connectivity index (χ2v) is 3.90. The third-order valence-corrected chi connectivity index (χ3v) is 2.67. The lowest BCUT2D eigenvalue weighted by molar-refractivity contribution is -0.142. The fourth-order valence-electron chi connectivity index (χ4n) is 1.64. The van der Waals surface area contributed by atoms with Crippen LogP contribution in [-0.4, -0.2) is 28.6 Å². The van der Waals surface area contributed by atoms with Crippen molar-refractivity contribution in [3.05, 3.63) is 0 Å². The lowest BCUT2D eigenvalue weighted by atomic mass is 9.98. The van der Waals surface area contributed by atoms with E-state index in [-0.39, 0.29) is 5.91 Å². The Kier molecular flexibility index (Phi) is 3.10. The van der Waals surface area contributed by atoms with Gasteiger partial charge >= 0.3 is 5.97 Å². The van der Waals surface area contributed by atoms with Crippen molar-refractivity contribution in [3.63, 3.8) is 0 Å². The van der Waals surface area contributed by atoms with Crippen LogP contribution in [0.2, 0.25) is 0 Å². The van der Waals surface area contributed by atoms with Crippen molar-refractivity contribution in [2.45, 2.75) is 44.2 Å². The molecule has 0 bridgehead atoms. The highest BCUT2D eigenvalue weighted by Crippen LogP contribution is 2.27. The molecule has 1 atom stereocenters. The van der Waals surface area contributed by atoms with E-state index in [0.717, 1.165) is 12.8 Å². The molecule has 80 valence electrons. The molecular weight excluding hydrogens is 184 g/mol. The summed E-state index contributed by atoms with van der Waals surface area (Å²) in [5.74, 6) is -1.38. The van der Waals surface area contributed by atoms with Gasteiger partial charge in [-0.05, 0) is 19.8 Å². The molecule has 1 unspecified atom stereocenters. The van der Waals surface area contributed by atoms with E-state index in [1.54, 1.807) is 0 Å². The van der Waals surface area contributed by atoms with Crippen LogP contribution in [-0.2, 0) is 9.59 Å². The minimum absolute atomic E-state index is 0.343. The molecule has 0 aromatic carbocycles. The quantitative estimate of drug-likeness (QED) is 0.590. The predicted octanol–water partition coefficient (Wildman–Crippen LogP) is -0.153. The minimum Gasteiger partial charge on any atom is -0.480 e. The topological polar surface area (TPSA) is 92.4 Å². The number of amides is 1. The number of hydrogen-bond acceptors (Lipinski definition) is 3. The molecule has 0 heterocycles. The summed E-state index contributed by atoms with van der Waals surface area (Å²) in [4.78, 5) is 22.1. The largest absolute Gasteiger partial charge is 0.480 e. The molecule has 0 aromatic rings. The van der Waals surface area contributed by atoms with Crippen LogP contribution in [0.5, 0.6) is 0 Å². The number of nitrogens with one attached hydrogen (secondary N) is 1. The van der Waals surface area contributed by atoms with Crippen LogP contribution < -0.4 is 11.1 Å². The van der Waals surface area contributed by atoms with E-state index < -0.39 is 17.6 Å². The Morgan fingerprint density at radius 1 is 1.43 bits per heavy atom. The first-order valence-corrected chi connectivity index (χ1v) is 4.78. The van der Waals surface area contributed by atoms with Gasteiger partial charge in [-0.2, -0.15) is 0 Å². The summed E-state index contributed by atoms with van der Waals surface area (Å²) in [6, 6.07) is -0.872. The molecule has 1 aliphatic rings. The summed E-state index contributed by atoms with van der Waals surface area (Å²) in [6.45, 7) is 1.43. The van der Waals surface area contributed by atoms with Gasteiger partial charge in [0.1, 0.15) is 6.04 Å². The Hall–Kier alpha value is -1.10. The van der Waals surface area contributed by atoms with Crippen LogP contribution in [0.25, 0.3) is 0 Å². The van der Waals surface area contributed by atoms with Crippen LogP contribution in [0.1, 0.15) is 32.6 Å². The van der Waals surface area contributed by atoms with Crippen molar-refractivity contribution in [2.75, 3.05) is 0 Å². The fraction of sp³-hybridized carbons (Fsp3) is 0.778. The monoisotopic (exact) mass is 200 g/mol. The summed E-state index contributed by atoms with van der Waals surface area (Å²) in [7, 11) is 0. The van der Waals surface area contributed by atoms with Gasteiger partial charge in [-0.15, -0.1) is 0 Å². The Morgan fingerprint density at radius 2 is 1.93 bits per heavy atom. The van der Waals surface area contributed by atoms with Gasteiger partial charge < -0.3 is 16.2 Å². The van der Waals surface area contributed by atoms with Crippen LogP contribution >= 0.6 is 0 Å². The summed E-state index contributed by atoms with van der Waals surface area (Å²) in [5.41, 5.74) is 5.00. The first kappa shape index (κ1) is 11.0. The van der Waals surface area contributed by atoms with Crippen LogP contribution in [0, 0.1) is 0 Å². The molecular formula is C9H16N2O3. The second-order valence-electron chi connectivity index (χ2n) is 3.90. The van der Waals surface area contributed by atoms with E-state index in [1.807, 2.05) is 0 Å². The number of rotatable bonds is 3. The smallest absolute Gasteiger partial charge is 0.325 e. The van der Waals surface area contributed by atoms with Crippen molar-refractivity contribution in [1.82, 2.24) is 5.32 Å². The molecule has 1 fully saturated rings. The first-order chi connectivity index (χ1) is 6.46. The van der Waals surface area contributed by atoms with Crippen LogP contribution in [0.4, 0.5) is 0 Å². The van der Waals surface area contributed by atoms with Crippen LogP contribution in [0.3, 0.4) is 0 Å². The van der Waals surface area contributed by atoms with E-state index in [9.17, 15) is 9.59 Å². The number of carbonyl (C=O) groups excluding carboxylic acids is 1. The molecule has 5 heteroatoms. The van der Waals surface area contributed by atoms with Gasteiger partial charge in [0.05, 0.1) is 5.54 Å². The Labute approximate surface area is 82.7 Å². The summed E-state index contributed by atoms with van der Waals surface area (Å²) >= 11 is 0. The number of hydrogen-bond donors (Lipinski definition) is 3. The number of nitrogens with two attached hydrogens (primary N) is 1. The molecule has 0 aliphatic heterocycles. The van der Waals surface area contributed by atoms with Gasteiger partial charge in [0, 0.05) is 0 Å². The average Bonchev–Trinajstić information content (AvgIpc) is 2.53. The number of carbonyl (C=O) groups is 2. The third kappa shape index (κ3) is 2.23. The van der Waals surface area contributed by atoms with E-state index in [1.165, 1.54) is 6.92 Å². The Morgan fingerprint density at radius 3 is 2.36 bits per heavy atom. The standard InChI is InChI=1S/C9H16N2O3/c1-6(7(12)13)11-8(14)9(10)4-2-3-5-9/h6H,2-5,10H2,1H3,(H,11,14)(H,12,13). The fourth-order valence-corrected chi connectivity index (χ4v) is 1.64. The van der Waals surface area contributed by atoms with Crippen molar-refractivity contribution in [3.8, 4) is 0 Å². The molecule has 1 amide bonds. The van der Waals surface area contributed by atoms with E-state index in [4.69, 9.17) is 10.8 Å². The van der Waals surface area contributed by atoms with Gasteiger partial charge in [0.25, 0.3) is 0 Å². The summed E-state index contributed by atoms with van der Waals surface area (Å²) in [5, 5.41) is 11.0. The number of aliphatic carboxylic acids is 1. The molecule has 0 saturated heterocycles. The van der Waals surface area contributed by atoms with Gasteiger partial charge in [0.2, 0.25) is 5.91 Å². The van der Waals surface area contributed by atoms with Gasteiger partial charge in [-0.3, -0.25) is 9.59 Å². The summed E-state index contributed by atoms with van der Waals surface area (Å²) in [6.07, 6.45) is 3.16. The molecule has 4 N–H and O–H groups in total. The number of carboxylic acids is 1. The zero-order valence-corrected chi connectivity index (χ0v) is 8.25. The maximum Gasteiger partial charge on any atom is 0.325 e. The Bertz CT molecular complexity index is 246. The van der Waals surface area contributed by atoms with Gasteiger partial charge in [-0.1, -0.05) is 12.8 Å². The normalized spacial score (nSPS) is 21.6. The van der Waals surface area contributed by atoms with Crippen molar-refractivity contribution >= 4 is 11.9 Å². The summed E-state index contributed by atoms with van der Waals surface area (Å²) < 4.78 is 0. The lowest BCUT2D eigenvalue weighted by Gasteiger charge is -2.23. The molecule has 1 aliphatic carbocycles. The minimum atomic E-state index is -1.04. The predicted molar refractivity (Wildman–Crippen MR) is 50.6 cm³/mol. The van der Waals surface area contributed by atoms with Crippen molar-refractivity contribution in [2.24, 2.45) is 5.73 Å². The molecule has 5 nitrogen and oxygen atoms in total. The number of carboxylic acid groups (broad SMARTS) is 1. The molecule has 0 spiro atoms. The first-order valence-electron chi connectivity index (χ1n) is 4.78. The molecule has 14 heavy (non-hydrogen) atoms. The maximum absolute atomic E-state index is 11.6. The SMILES string of the molecule is CC(NC(=O)C1(N)CCCC1)C(=O)O. The van der Waals surface area contributed by atoms with Crippen molar-refractivity contribution < 1.29 is 14.7 Å². The van der Waals surface area contributed by atoms with Crippen molar-refractivity contribution in [1.29, 1.82) is 0 Å². The lowest BCUT2D eigenvalue weighted by Crippen LogP contribution is -2.55. The zero-order chi connectivity index (χ0) is 10.8. The van der Waals surface area contributed by atoms with Gasteiger partial charge in [0.15, 0.2) is 0 Å². The van der Waals surface area contributed by atoms with Crippen LogP contribution in [0.15, 0.2) is 0 Å². The van der Waals surface area contributed by atoms with E-state index >= 15 is 0 Å². The third-order valence-electron chi connectivity index (χ3n) is 2.67. The average molecular weight is 200 g/mol. The molecule has 0 radical (unpaired) electrons. The zero-order valence-electron chi connectivity index (χ0n) is 8.25. The highest BCUT2D eigenvalue weighted by molar-refractivity contribution is 5.90. The second kappa shape index (κ2) is 3.96. The Balaban J connectivity index is 2.53. The van der Waals surface area contributed by atoms with Gasteiger partial charge in [-0.25, -0.2) is 0 Å². The molecule has 1 saturated carbocycles. The molecule has 0 aromatic heterocycles.